The summed E-state index contributed by atoms with van der Waals surface area (Å²) in [7, 11) is 3.03. The number of methoxy groups -OCH3 is 2. The van der Waals surface area contributed by atoms with Gasteiger partial charge in [-0.2, -0.15) is 0 Å². The Hall–Kier alpha value is -1.49. The van der Waals surface area contributed by atoms with E-state index >= 15 is 0 Å². The van der Waals surface area contributed by atoms with Crippen molar-refractivity contribution in [2.75, 3.05) is 14.2 Å². The molecule has 0 spiro atoms. The van der Waals surface area contributed by atoms with Gasteiger partial charge in [0.2, 0.25) is 0 Å². The number of hydrogen-bond acceptors (Lipinski definition) is 3. The molecule has 1 N–H and O–H groups in total. The Labute approximate surface area is 102 Å². The monoisotopic (exact) mass is 286 g/mol. The molecule has 1 rings (SSSR count). The number of carbonyl (C=O) groups is 1. The van der Waals surface area contributed by atoms with E-state index in [-0.39, 0.29) is 0 Å². The molecule has 0 fully saturated rings. The average molecular weight is 287 g/mol. The molecule has 0 unspecified atom stereocenters. The van der Waals surface area contributed by atoms with Crippen LogP contribution < -0.4 is 9.47 Å². The summed E-state index contributed by atoms with van der Waals surface area (Å²) in [6.07, 6.45) is 2.47. The maximum absolute atomic E-state index is 10.5. The van der Waals surface area contributed by atoms with Crippen LogP contribution in [0, 0.1) is 0 Å². The summed E-state index contributed by atoms with van der Waals surface area (Å²) in [5, 5.41) is 8.58. The fraction of sp³-hybridized carbons (Fsp3) is 0.182. The van der Waals surface area contributed by atoms with Crippen molar-refractivity contribution in [2.45, 2.75) is 0 Å². The maximum atomic E-state index is 10.5. The van der Waals surface area contributed by atoms with E-state index in [9.17, 15) is 4.79 Å². The SMILES string of the molecule is COc1cc(Br)cc(OC)c1/C=C/C(=O)O. The van der Waals surface area contributed by atoms with E-state index in [0.29, 0.717) is 17.1 Å². The molecule has 4 nitrogen and oxygen atoms in total. The molecule has 86 valence electrons. The van der Waals surface area contributed by atoms with E-state index in [4.69, 9.17) is 14.6 Å². The third kappa shape index (κ3) is 3.00. The minimum Gasteiger partial charge on any atom is -0.496 e. The lowest BCUT2D eigenvalue weighted by molar-refractivity contribution is -0.131. The summed E-state index contributed by atoms with van der Waals surface area (Å²) >= 11 is 3.31. The van der Waals surface area contributed by atoms with Gasteiger partial charge in [-0.05, 0) is 18.2 Å². The lowest BCUT2D eigenvalue weighted by Crippen LogP contribution is -1.94. The molecule has 0 amide bonds. The Morgan fingerprint density at radius 1 is 1.31 bits per heavy atom. The average Bonchev–Trinajstić information content (AvgIpc) is 2.25. The van der Waals surface area contributed by atoms with E-state index in [1.165, 1.54) is 20.3 Å². The fourth-order valence-corrected chi connectivity index (χ4v) is 1.64. The van der Waals surface area contributed by atoms with Gasteiger partial charge in [-0.3, -0.25) is 0 Å². The number of carboxylic acid groups (broad SMARTS) is 1. The molecule has 5 heteroatoms. The molecule has 0 heterocycles. The summed E-state index contributed by atoms with van der Waals surface area (Å²) in [6, 6.07) is 3.48. The highest BCUT2D eigenvalue weighted by atomic mass is 79.9. The summed E-state index contributed by atoms with van der Waals surface area (Å²) in [5.74, 6) is 0.0690. The number of halogens is 1. The first-order chi connectivity index (χ1) is 7.58. The number of rotatable bonds is 4. The zero-order chi connectivity index (χ0) is 12.1. The first kappa shape index (κ1) is 12.6. The van der Waals surface area contributed by atoms with Gasteiger partial charge in [-0.1, -0.05) is 15.9 Å². The molecule has 0 radical (unpaired) electrons. The maximum Gasteiger partial charge on any atom is 0.328 e. The van der Waals surface area contributed by atoms with Crippen LogP contribution in [-0.4, -0.2) is 25.3 Å². The Kier molecular flexibility index (Phi) is 4.37. The lowest BCUT2D eigenvalue weighted by atomic mass is 10.1. The summed E-state index contributed by atoms with van der Waals surface area (Å²) < 4.78 is 11.1. The summed E-state index contributed by atoms with van der Waals surface area (Å²) in [6.45, 7) is 0. The molecular weight excluding hydrogens is 276 g/mol. The molecule has 1 aromatic rings. The van der Waals surface area contributed by atoms with Crippen molar-refractivity contribution in [3.8, 4) is 11.5 Å². The van der Waals surface area contributed by atoms with Crippen molar-refractivity contribution < 1.29 is 19.4 Å². The second kappa shape index (κ2) is 5.55. The van der Waals surface area contributed by atoms with Crippen LogP contribution in [-0.2, 0) is 4.79 Å². The predicted octanol–water partition coefficient (Wildman–Crippen LogP) is 2.56. The van der Waals surface area contributed by atoms with Crippen molar-refractivity contribution in [1.29, 1.82) is 0 Å². The molecule has 1 aromatic carbocycles. The van der Waals surface area contributed by atoms with Crippen LogP contribution in [0.2, 0.25) is 0 Å². The number of hydrogen-bond donors (Lipinski definition) is 1. The molecule has 0 aliphatic rings. The highest BCUT2D eigenvalue weighted by molar-refractivity contribution is 9.10. The Morgan fingerprint density at radius 3 is 2.19 bits per heavy atom. The fourth-order valence-electron chi connectivity index (χ4n) is 1.23. The minimum atomic E-state index is -1.02. The van der Waals surface area contributed by atoms with Gasteiger partial charge in [0.05, 0.1) is 19.8 Å². The number of benzene rings is 1. The van der Waals surface area contributed by atoms with Gasteiger partial charge in [0.1, 0.15) is 11.5 Å². The smallest absolute Gasteiger partial charge is 0.328 e. The van der Waals surface area contributed by atoms with Gasteiger partial charge in [0.15, 0.2) is 0 Å². The lowest BCUT2D eigenvalue weighted by Gasteiger charge is -2.10. The third-order valence-electron chi connectivity index (χ3n) is 1.90. The number of aliphatic carboxylic acids is 1. The van der Waals surface area contributed by atoms with Crippen LogP contribution in [0.15, 0.2) is 22.7 Å². The van der Waals surface area contributed by atoms with Gasteiger partial charge in [-0.25, -0.2) is 4.79 Å². The molecular formula is C11H11BrO4. The standard InChI is InChI=1S/C11H11BrO4/c1-15-9-5-7(12)6-10(16-2)8(9)3-4-11(13)14/h3-6H,1-2H3,(H,13,14)/b4-3+. The predicted molar refractivity (Wildman–Crippen MR) is 63.9 cm³/mol. The largest absolute Gasteiger partial charge is 0.496 e. The van der Waals surface area contributed by atoms with E-state index in [0.717, 1.165) is 10.5 Å². The third-order valence-corrected chi connectivity index (χ3v) is 2.36. The molecule has 0 saturated heterocycles. The van der Waals surface area contributed by atoms with Crippen LogP contribution in [0.1, 0.15) is 5.56 Å². The summed E-state index contributed by atoms with van der Waals surface area (Å²) in [4.78, 5) is 10.5. The van der Waals surface area contributed by atoms with E-state index in [1.54, 1.807) is 12.1 Å². The molecule has 0 aliphatic heterocycles. The highest BCUT2D eigenvalue weighted by Gasteiger charge is 2.09. The van der Waals surface area contributed by atoms with Crippen molar-refractivity contribution >= 4 is 28.0 Å². The summed E-state index contributed by atoms with van der Waals surface area (Å²) in [5.41, 5.74) is 0.593. The van der Waals surface area contributed by atoms with Gasteiger partial charge >= 0.3 is 5.97 Å². The van der Waals surface area contributed by atoms with E-state index in [2.05, 4.69) is 15.9 Å². The molecule has 0 aliphatic carbocycles. The van der Waals surface area contributed by atoms with Crippen LogP contribution in [0.4, 0.5) is 0 Å². The van der Waals surface area contributed by atoms with Gasteiger partial charge < -0.3 is 14.6 Å². The topological polar surface area (TPSA) is 55.8 Å². The number of ether oxygens (including phenoxy) is 2. The quantitative estimate of drug-likeness (QED) is 0.865. The second-order valence-corrected chi connectivity index (χ2v) is 3.81. The van der Waals surface area contributed by atoms with Crippen molar-refractivity contribution in [1.82, 2.24) is 0 Å². The van der Waals surface area contributed by atoms with E-state index < -0.39 is 5.97 Å². The van der Waals surface area contributed by atoms with Crippen LogP contribution in [0.25, 0.3) is 6.08 Å². The Morgan fingerprint density at radius 2 is 1.81 bits per heavy atom. The second-order valence-electron chi connectivity index (χ2n) is 2.90. The Balaban J connectivity index is 3.27. The Bertz CT molecular complexity index is 401. The van der Waals surface area contributed by atoms with Gasteiger partial charge in [0, 0.05) is 10.5 Å². The normalized spacial score (nSPS) is 10.4. The van der Waals surface area contributed by atoms with Crippen molar-refractivity contribution in [2.24, 2.45) is 0 Å². The van der Waals surface area contributed by atoms with Crippen molar-refractivity contribution in [3.63, 3.8) is 0 Å². The molecule has 0 saturated carbocycles. The first-order valence-electron chi connectivity index (χ1n) is 4.41. The number of carboxylic acids is 1. The molecule has 0 atom stereocenters. The molecule has 0 aromatic heterocycles. The first-order valence-corrected chi connectivity index (χ1v) is 5.20. The zero-order valence-corrected chi connectivity index (χ0v) is 10.4. The van der Waals surface area contributed by atoms with Gasteiger partial charge in [-0.15, -0.1) is 0 Å². The van der Waals surface area contributed by atoms with E-state index in [1.807, 2.05) is 0 Å². The van der Waals surface area contributed by atoms with Crippen LogP contribution in [0.5, 0.6) is 11.5 Å². The van der Waals surface area contributed by atoms with Crippen LogP contribution in [0.3, 0.4) is 0 Å². The van der Waals surface area contributed by atoms with Crippen LogP contribution >= 0.6 is 15.9 Å². The van der Waals surface area contributed by atoms with Gasteiger partial charge in [0.25, 0.3) is 0 Å². The molecule has 16 heavy (non-hydrogen) atoms. The zero-order valence-electron chi connectivity index (χ0n) is 8.86. The minimum absolute atomic E-state index is 0.545. The molecule has 0 bridgehead atoms. The van der Waals surface area contributed by atoms with Crippen molar-refractivity contribution in [3.05, 3.63) is 28.2 Å². The highest BCUT2D eigenvalue weighted by Crippen LogP contribution is 2.33.